The third-order valence-corrected chi connectivity index (χ3v) is 2.31. The third kappa shape index (κ3) is 2.13. The van der Waals surface area contributed by atoms with Crippen LogP contribution in [0.15, 0.2) is 12.8 Å². The van der Waals surface area contributed by atoms with Crippen molar-refractivity contribution in [3.8, 4) is 0 Å². The Balaban J connectivity index is 2.75. The first-order valence-electron chi connectivity index (χ1n) is 4.62. The Morgan fingerprint density at radius 2 is 1.93 bits per heavy atom. The van der Waals surface area contributed by atoms with Gasteiger partial charge in [-0.1, -0.05) is 6.58 Å². The van der Waals surface area contributed by atoms with Gasteiger partial charge in [-0.15, -0.1) is 0 Å². The molecule has 0 aromatic heterocycles. The second-order valence-electron chi connectivity index (χ2n) is 3.37. The van der Waals surface area contributed by atoms with E-state index in [0.717, 1.165) is 19.1 Å². The molecule has 0 spiro atoms. The van der Waals surface area contributed by atoms with Crippen LogP contribution in [0.1, 0.15) is 32.6 Å². The second kappa shape index (κ2) is 4.26. The fraction of sp³-hybridized carbons (Fsp3) is 0.600. The van der Waals surface area contributed by atoms with Crippen LogP contribution in [0.5, 0.6) is 0 Å². The third-order valence-electron chi connectivity index (χ3n) is 2.31. The van der Waals surface area contributed by atoms with Gasteiger partial charge in [-0.2, -0.15) is 0 Å². The maximum atomic E-state index is 11.5. The molecule has 1 aliphatic carbocycles. The lowest BCUT2D eigenvalue weighted by Gasteiger charge is -2.24. The van der Waals surface area contributed by atoms with Gasteiger partial charge in [-0.25, -0.2) is 4.79 Å². The molecule has 0 atom stereocenters. The monoisotopic (exact) mass is 198 g/mol. The van der Waals surface area contributed by atoms with Crippen molar-refractivity contribution in [3.05, 3.63) is 12.8 Å². The van der Waals surface area contributed by atoms with Crippen LogP contribution in [0.2, 0.25) is 0 Å². The molecule has 4 heteroatoms. The standard InChI is InChI=1S/C10H14O4/c1-3-13-9(12)10(14-8(2)11)6-4-5-7-10/h3H,1,4-7H2,2H3. The van der Waals surface area contributed by atoms with E-state index in [-0.39, 0.29) is 0 Å². The van der Waals surface area contributed by atoms with E-state index in [0.29, 0.717) is 12.8 Å². The van der Waals surface area contributed by atoms with Crippen LogP contribution >= 0.6 is 0 Å². The van der Waals surface area contributed by atoms with Gasteiger partial charge >= 0.3 is 11.9 Å². The SMILES string of the molecule is C=COC(=O)C1(OC(C)=O)CCCC1. The van der Waals surface area contributed by atoms with Crippen molar-refractivity contribution in [3.63, 3.8) is 0 Å². The molecule has 4 nitrogen and oxygen atoms in total. The number of ether oxygens (including phenoxy) is 2. The van der Waals surface area contributed by atoms with E-state index in [4.69, 9.17) is 4.74 Å². The highest BCUT2D eigenvalue weighted by Crippen LogP contribution is 2.34. The summed E-state index contributed by atoms with van der Waals surface area (Å²) in [6, 6.07) is 0. The van der Waals surface area contributed by atoms with E-state index >= 15 is 0 Å². The summed E-state index contributed by atoms with van der Waals surface area (Å²) in [6.07, 6.45) is 3.89. The molecular weight excluding hydrogens is 184 g/mol. The van der Waals surface area contributed by atoms with Crippen LogP contribution in [0.25, 0.3) is 0 Å². The minimum atomic E-state index is -1.06. The maximum absolute atomic E-state index is 11.5. The van der Waals surface area contributed by atoms with E-state index in [1.165, 1.54) is 6.92 Å². The highest BCUT2D eigenvalue weighted by Gasteiger charge is 2.45. The summed E-state index contributed by atoms with van der Waals surface area (Å²) < 4.78 is 9.73. The lowest BCUT2D eigenvalue weighted by atomic mass is 10.0. The fourth-order valence-corrected chi connectivity index (χ4v) is 1.75. The number of hydrogen-bond acceptors (Lipinski definition) is 4. The molecule has 1 rings (SSSR count). The summed E-state index contributed by atoms with van der Waals surface area (Å²) in [5, 5.41) is 0. The topological polar surface area (TPSA) is 52.6 Å². The smallest absolute Gasteiger partial charge is 0.355 e. The predicted octanol–water partition coefficient (Wildman–Crippen LogP) is 1.55. The minimum Gasteiger partial charge on any atom is -0.447 e. The lowest BCUT2D eigenvalue weighted by molar-refractivity contribution is -0.177. The first kappa shape index (κ1) is 10.8. The molecule has 0 aromatic carbocycles. The van der Waals surface area contributed by atoms with Gasteiger partial charge < -0.3 is 9.47 Å². The summed E-state index contributed by atoms with van der Waals surface area (Å²) in [7, 11) is 0. The number of hydrogen-bond donors (Lipinski definition) is 0. The zero-order valence-electron chi connectivity index (χ0n) is 8.25. The van der Waals surface area contributed by atoms with Gasteiger partial charge in [-0.05, 0) is 25.7 Å². The molecule has 0 radical (unpaired) electrons. The summed E-state index contributed by atoms with van der Waals surface area (Å²) >= 11 is 0. The van der Waals surface area contributed by atoms with Crippen LogP contribution < -0.4 is 0 Å². The Hall–Kier alpha value is -1.32. The van der Waals surface area contributed by atoms with Crippen LogP contribution in [-0.2, 0) is 19.1 Å². The van der Waals surface area contributed by atoms with Crippen molar-refractivity contribution in [1.82, 2.24) is 0 Å². The molecular formula is C10H14O4. The largest absolute Gasteiger partial charge is 0.447 e. The molecule has 0 bridgehead atoms. The summed E-state index contributed by atoms with van der Waals surface area (Å²) in [6.45, 7) is 4.59. The molecule has 14 heavy (non-hydrogen) atoms. The van der Waals surface area contributed by atoms with Crippen LogP contribution in [0.3, 0.4) is 0 Å². The zero-order chi connectivity index (χ0) is 10.6. The molecule has 0 heterocycles. The summed E-state index contributed by atoms with van der Waals surface area (Å²) in [5.41, 5.74) is -1.06. The molecule has 1 saturated carbocycles. The highest BCUT2D eigenvalue weighted by molar-refractivity contribution is 5.83. The van der Waals surface area contributed by atoms with Crippen LogP contribution in [0, 0.1) is 0 Å². The highest BCUT2D eigenvalue weighted by atomic mass is 16.6. The van der Waals surface area contributed by atoms with Gasteiger partial charge in [0.2, 0.25) is 5.60 Å². The van der Waals surface area contributed by atoms with Crippen LogP contribution in [-0.4, -0.2) is 17.5 Å². The fourth-order valence-electron chi connectivity index (χ4n) is 1.75. The number of rotatable bonds is 3. The van der Waals surface area contributed by atoms with Gasteiger partial charge in [0, 0.05) is 6.92 Å². The lowest BCUT2D eigenvalue weighted by Crippen LogP contribution is -2.40. The Morgan fingerprint density at radius 3 is 2.36 bits per heavy atom. The normalized spacial score (nSPS) is 18.6. The molecule has 0 amide bonds. The Bertz CT molecular complexity index is 251. The van der Waals surface area contributed by atoms with E-state index in [9.17, 15) is 9.59 Å². The maximum Gasteiger partial charge on any atom is 0.355 e. The molecule has 0 aromatic rings. The molecule has 0 unspecified atom stereocenters. The van der Waals surface area contributed by atoms with Crippen molar-refractivity contribution in [2.75, 3.05) is 0 Å². The Morgan fingerprint density at radius 1 is 1.36 bits per heavy atom. The van der Waals surface area contributed by atoms with Gasteiger partial charge in [0.25, 0.3) is 0 Å². The molecule has 0 aliphatic heterocycles. The van der Waals surface area contributed by atoms with Gasteiger partial charge in [0.15, 0.2) is 0 Å². The average molecular weight is 198 g/mol. The molecule has 0 saturated heterocycles. The van der Waals surface area contributed by atoms with Gasteiger partial charge in [0.1, 0.15) is 0 Å². The first-order valence-corrected chi connectivity index (χ1v) is 4.62. The van der Waals surface area contributed by atoms with E-state index in [1.54, 1.807) is 0 Å². The van der Waals surface area contributed by atoms with E-state index < -0.39 is 17.5 Å². The Kier molecular flexibility index (Phi) is 3.28. The summed E-state index contributed by atoms with van der Waals surface area (Å²) in [5.74, 6) is -0.965. The van der Waals surface area contributed by atoms with E-state index in [2.05, 4.69) is 11.3 Å². The van der Waals surface area contributed by atoms with E-state index in [1.807, 2.05) is 0 Å². The van der Waals surface area contributed by atoms with Gasteiger partial charge in [-0.3, -0.25) is 4.79 Å². The Labute approximate surface area is 82.9 Å². The van der Waals surface area contributed by atoms with Gasteiger partial charge in [0.05, 0.1) is 6.26 Å². The quantitative estimate of drug-likeness (QED) is 0.510. The number of carbonyl (C=O) groups is 2. The summed E-state index contributed by atoms with van der Waals surface area (Å²) in [4.78, 5) is 22.4. The zero-order valence-corrected chi connectivity index (χ0v) is 8.25. The number of carbonyl (C=O) groups excluding carboxylic acids is 2. The average Bonchev–Trinajstić information content (AvgIpc) is 2.53. The predicted molar refractivity (Wildman–Crippen MR) is 49.3 cm³/mol. The van der Waals surface area contributed by atoms with Crippen molar-refractivity contribution < 1.29 is 19.1 Å². The van der Waals surface area contributed by atoms with Crippen molar-refractivity contribution in [1.29, 1.82) is 0 Å². The number of esters is 2. The van der Waals surface area contributed by atoms with Crippen molar-refractivity contribution in [2.45, 2.75) is 38.2 Å². The van der Waals surface area contributed by atoms with Crippen molar-refractivity contribution >= 4 is 11.9 Å². The van der Waals surface area contributed by atoms with Crippen molar-refractivity contribution in [2.24, 2.45) is 0 Å². The molecule has 78 valence electrons. The molecule has 0 N–H and O–H groups in total. The molecule has 1 aliphatic rings. The molecule has 1 fully saturated rings. The van der Waals surface area contributed by atoms with Crippen LogP contribution in [0.4, 0.5) is 0 Å². The minimum absolute atomic E-state index is 0.451. The second-order valence-corrected chi connectivity index (χ2v) is 3.37. The first-order chi connectivity index (χ1) is 6.60.